The predicted octanol–water partition coefficient (Wildman–Crippen LogP) is 3.52. The average molecular weight is 292 g/mol. The second kappa shape index (κ2) is 8.96. The van der Waals surface area contributed by atoms with Crippen molar-refractivity contribution < 1.29 is 9.22 Å². The Bertz CT molecular complexity index is 383. The third kappa shape index (κ3) is 4.78. The van der Waals surface area contributed by atoms with Gasteiger partial charge in [0.2, 0.25) is 10.5 Å². The molecule has 0 unspecified atom stereocenters. The molecule has 1 rings (SSSR count). The smallest absolute Gasteiger partial charge is 0.291 e. The molecule has 0 aliphatic heterocycles. The summed E-state index contributed by atoms with van der Waals surface area (Å²) in [4.78, 5) is 11.4. The van der Waals surface area contributed by atoms with Crippen LogP contribution in [0.15, 0.2) is 30.3 Å². The maximum Gasteiger partial charge on any atom is 0.291 e. The van der Waals surface area contributed by atoms with E-state index in [1.165, 1.54) is 31.2 Å². The summed E-state index contributed by atoms with van der Waals surface area (Å²) in [5.41, 5.74) is 1.67. The van der Waals surface area contributed by atoms with Gasteiger partial charge in [-0.05, 0) is 36.7 Å². The van der Waals surface area contributed by atoms with Crippen molar-refractivity contribution >= 4 is 16.5 Å². The Morgan fingerprint density at radius 3 is 2.20 bits per heavy atom. The predicted molar refractivity (Wildman–Crippen MR) is 87.8 cm³/mol. The molecule has 0 aromatic heterocycles. The van der Waals surface area contributed by atoms with Crippen molar-refractivity contribution in [2.45, 2.75) is 64.2 Å². The number of hydrogen-bond acceptors (Lipinski definition) is 2. The molecule has 0 N–H and O–H groups in total. The van der Waals surface area contributed by atoms with Crippen molar-refractivity contribution in [2.24, 2.45) is 0 Å². The first-order chi connectivity index (χ1) is 9.68. The van der Waals surface area contributed by atoms with Crippen molar-refractivity contribution in [1.82, 2.24) is 0 Å². The lowest BCUT2D eigenvalue weighted by Crippen LogP contribution is -2.26. The molecular weight excluding hydrogens is 264 g/mol. The van der Waals surface area contributed by atoms with E-state index in [0.717, 1.165) is 12.8 Å². The molecule has 0 amide bonds. The first kappa shape index (κ1) is 17.0. The van der Waals surface area contributed by atoms with Gasteiger partial charge in [-0.1, -0.05) is 57.0 Å². The first-order valence-corrected chi connectivity index (χ1v) is 8.62. The monoisotopic (exact) mass is 292 g/mol. The minimum absolute atomic E-state index is 0.0355. The van der Waals surface area contributed by atoms with Crippen molar-refractivity contribution in [3.63, 3.8) is 0 Å². The van der Waals surface area contributed by atoms with Gasteiger partial charge in [0.15, 0.2) is 0 Å². The van der Waals surface area contributed by atoms with Crippen LogP contribution in [-0.4, -0.2) is 16.5 Å². The Morgan fingerprint density at radius 1 is 1.10 bits per heavy atom. The van der Waals surface area contributed by atoms with E-state index in [0.29, 0.717) is 16.9 Å². The molecule has 0 saturated carbocycles. The minimum Gasteiger partial charge on any atom is -0.529 e. The molecule has 0 aliphatic carbocycles. The summed E-state index contributed by atoms with van der Waals surface area (Å²) in [6.07, 6.45) is 7.32. The normalized spacial score (nSPS) is 11.5. The number of benzene rings is 1. The Hall–Kier alpha value is -1.09. The van der Waals surface area contributed by atoms with E-state index in [1.54, 1.807) is 0 Å². The van der Waals surface area contributed by atoms with Crippen LogP contribution in [0.25, 0.3) is 0 Å². The average Bonchev–Trinajstić information content (AvgIpc) is 2.48. The highest BCUT2D eigenvalue weighted by Gasteiger charge is 2.29. The minimum atomic E-state index is -0.0355. The van der Waals surface area contributed by atoms with Crippen LogP contribution in [0.4, 0.5) is 0 Å². The highest BCUT2D eigenvalue weighted by atomic mass is 28.2. The van der Waals surface area contributed by atoms with Crippen molar-refractivity contribution in [2.75, 3.05) is 0 Å². The molecule has 3 heteroatoms. The van der Waals surface area contributed by atoms with Crippen LogP contribution < -0.4 is 0 Å². The molecule has 0 bridgehead atoms. The van der Waals surface area contributed by atoms with E-state index in [-0.39, 0.29) is 11.4 Å². The van der Waals surface area contributed by atoms with E-state index >= 15 is 0 Å². The van der Waals surface area contributed by atoms with Gasteiger partial charge in [0, 0.05) is 6.42 Å². The van der Waals surface area contributed by atoms with Gasteiger partial charge < -0.3 is 4.43 Å². The summed E-state index contributed by atoms with van der Waals surface area (Å²) in [7, 11) is 0.508. The molecule has 0 fully saturated rings. The van der Waals surface area contributed by atoms with Gasteiger partial charge in [0.05, 0.1) is 0 Å². The zero-order chi connectivity index (χ0) is 14.8. The SMILES string of the molecule is CCCC(CCC)(CCCC(=O)O[SiH3])c1ccccc1. The third-order valence-electron chi connectivity index (χ3n) is 4.11. The Kier molecular flexibility index (Phi) is 7.59. The van der Waals surface area contributed by atoms with Crippen LogP contribution in [0, 0.1) is 0 Å². The Labute approximate surface area is 126 Å². The standard InChI is InChI=1S/C17H28O2Si/c1-3-12-17(13-4-2,14-8-11-16(18)19-20)15-9-6-5-7-10-15/h5-7,9-10H,3-4,8,11-14H2,1-2,20H3. The lowest BCUT2D eigenvalue weighted by molar-refractivity contribution is -0.134. The van der Waals surface area contributed by atoms with Crippen LogP contribution in [0.1, 0.15) is 64.4 Å². The van der Waals surface area contributed by atoms with Crippen molar-refractivity contribution in [3.05, 3.63) is 35.9 Å². The first-order valence-electron chi connectivity index (χ1n) is 7.81. The third-order valence-corrected chi connectivity index (χ3v) is 4.56. The van der Waals surface area contributed by atoms with Gasteiger partial charge in [0.1, 0.15) is 0 Å². The fraction of sp³-hybridized carbons (Fsp3) is 0.588. The fourth-order valence-electron chi connectivity index (χ4n) is 3.23. The molecule has 2 nitrogen and oxygen atoms in total. The molecule has 0 spiro atoms. The molecule has 0 heterocycles. The van der Waals surface area contributed by atoms with Crippen molar-refractivity contribution in [1.29, 1.82) is 0 Å². The summed E-state index contributed by atoms with van der Waals surface area (Å²) < 4.78 is 4.89. The molecule has 0 atom stereocenters. The maximum absolute atomic E-state index is 11.4. The van der Waals surface area contributed by atoms with E-state index in [9.17, 15) is 4.79 Å². The van der Waals surface area contributed by atoms with Crippen LogP contribution in [0.5, 0.6) is 0 Å². The van der Waals surface area contributed by atoms with Crippen LogP contribution >= 0.6 is 0 Å². The summed E-state index contributed by atoms with van der Waals surface area (Å²) in [5, 5.41) is 0. The van der Waals surface area contributed by atoms with Crippen LogP contribution in [-0.2, 0) is 14.6 Å². The Balaban J connectivity index is 2.84. The molecule has 112 valence electrons. The topological polar surface area (TPSA) is 26.3 Å². The van der Waals surface area contributed by atoms with Gasteiger partial charge in [0.25, 0.3) is 5.97 Å². The maximum atomic E-state index is 11.4. The largest absolute Gasteiger partial charge is 0.529 e. The molecule has 1 aromatic carbocycles. The summed E-state index contributed by atoms with van der Waals surface area (Å²) in [6.45, 7) is 4.50. The summed E-state index contributed by atoms with van der Waals surface area (Å²) in [5.74, 6) is -0.0355. The highest BCUT2D eigenvalue weighted by Crippen LogP contribution is 2.39. The van der Waals surface area contributed by atoms with Crippen LogP contribution in [0.3, 0.4) is 0 Å². The van der Waals surface area contributed by atoms with Gasteiger partial charge in [-0.2, -0.15) is 0 Å². The summed E-state index contributed by atoms with van der Waals surface area (Å²) in [6, 6.07) is 10.8. The van der Waals surface area contributed by atoms with Crippen LogP contribution in [0.2, 0.25) is 0 Å². The number of carbonyl (C=O) groups is 1. The number of hydrogen-bond donors (Lipinski definition) is 0. The van der Waals surface area contributed by atoms with E-state index in [2.05, 4.69) is 44.2 Å². The molecular formula is C17H28O2Si. The molecule has 1 aromatic rings. The molecule has 0 saturated heterocycles. The zero-order valence-electron chi connectivity index (χ0n) is 13.2. The molecule has 0 aliphatic rings. The van der Waals surface area contributed by atoms with Crippen molar-refractivity contribution in [3.8, 4) is 0 Å². The second-order valence-corrected chi connectivity index (χ2v) is 5.98. The Morgan fingerprint density at radius 2 is 1.70 bits per heavy atom. The fourth-order valence-corrected chi connectivity index (χ4v) is 3.43. The van der Waals surface area contributed by atoms with Gasteiger partial charge >= 0.3 is 0 Å². The number of carbonyl (C=O) groups excluding carboxylic acids is 1. The van der Waals surface area contributed by atoms with E-state index in [1.807, 2.05) is 0 Å². The highest BCUT2D eigenvalue weighted by molar-refractivity contribution is 6.05. The summed E-state index contributed by atoms with van der Waals surface area (Å²) >= 11 is 0. The van der Waals surface area contributed by atoms with Gasteiger partial charge in [-0.25, -0.2) is 0 Å². The second-order valence-electron chi connectivity index (χ2n) is 5.58. The quantitative estimate of drug-likeness (QED) is 0.651. The zero-order valence-corrected chi connectivity index (χ0v) is 15.2. The molecule has 0 radical (unpaired) electrons. The molecule has 20 heavy (non-hydrogen) atoms. The number of rotatable bonds is 9. The van der Waals surface area contributed by atoms with Gasteiger partial charge in [-0.3, -0.25) is 4.79 Å². The van der Waals surface area contributed by atoms with Gasteiger partial charge in [-0.15, -0.1) is 0 Å². The van der Waals surface area contributed by atoms with E-state index in [4.69, 9.17) is 4.43 Å². The lowest BCUT2D eigenvalue weighted by atomic mass is 9.70. The lowest BCUT2D eigenvalue weighted by Gasteiger charge is -2.34. The van der Waals surface area contributed by atoms with E-state index < -0.39 is 0 Å².